The lowest BCUT2D eigenvalue weighted by Crippen LogP contribution is -2.43. The second-order valence-electron chi connectivity index (χ2n) is 7.51. The first-order chi connectivity index (χ1) is 12.2. The Labute approximate surface area is 148 Å². The second kappa shape index (κ2) is 7.30. The molecule has 25 heavy (non-hydrogen) atoms. The number of carbonyl (C=O) groups excluding carboxylic acids is 1. The first-order valence-corrected chi connectivity index (χ1v) is 9.34. The molecule has 0 bridgehead atoms. The zero-order valence-electron chi connectivity index (χ0n) is 14.8. The van der Waals surface area contributed by atoms with Gasteiger partial charge in [-0.3, -0.25) is 9.69 Å². The zero-order chi connectivity index (χ0) is 17.2. The maximum absolute atomic E-state index is 11.8. The van der Waals surface area contributed by atoms with Crippen LogP contribution < -0.4 is 10.1 Å². The summed E-state index contributed by atoms with van der Waals surface area (Å²) in [4.78, 5) is 18.6. The van der Waals surface area contributed by atoms with Gasteiger partial charge in [0.15, 0.2) is 0 Å². The molecule has 3 heterocycles. The number of hydrogen-bond acceptors (Lipinski definition) is 5. The average molecular weight is 345 g/mol. The molecule has 2 saturated heterocycles. The number of piperidine rings is 1. The molecular weight excluding hydrogens is 318 g/mol. The van der Waals surface area contributed by atoms with E-state index in [9.17, 15) is 4.79 Å². The van der Waals surface area contributed by atoms with E-state index in [0.29, 0.717) is 24.3 Å². The zero-order valence-corrected chi connectivity index (χ0v) is 14.8. The third-order valence-corrected chi connectivity index (χ3v) is 5.74. The predicted octanol–water partition coefficient (Wildman–Crippen LogP) is 1.45. The molecule has 3 fully saturated rings. The van der Waals surface area contributed by atoms with Crippen LogP contribution in [0.25, 0.3) is 0 Å². The Morgan fingerprint density at radius 2 is 2.32 bits per heavy atom. The Bertz CT molecular complexity index is 620. The van der Waals surface area contributed by atoms with Crippen molar-refractivity contribution in [3.05, 3.63) is 23.9 Å². The van der Waals surface area contributed by atoms with Crippen molar-refractivity contribution in [2.24, 2.45) is 17.8 Å². The summed E-state index contributed by atoms with van der Waals surface area (Å²) in [6.07, 6.45) is 5.17. The van der Waals surface area contributed by atoms with Gasteiger partial charge in [0, 0.05) is 43.2 Å². The number of amides is 1. The standard InChI is InChI=1S/C19H27N3O3/c1-24-19-14(3-2-7-20-19)10-22-8-6-16-15(11-22)12-25-17(16)9-21-18(23)13-4-5-13/h2-3,7,13,15-17H,4-6,8-12H2,1H3,(H,21,23)/t15-,16-,17+/m1/s1. The van der Waals surface area contributed by atoms with E-state index in [1.807, 2.05) is 6.07 Å². The summed E-state index contributed by atoms with van der Waals surface area (Å²) in [5.74, 6) is 2.32. The second-order valence-corrected chi connectivity index (χ2v) is 7.51. The van der Waals surface area contributed by atoms with Crippen LogP contribution in [0.1, 0.15) is 24.8 Å². The van der Waals surface area contributed by atoms with Gasteiger partial charge in [0.25, 0.3) is 0 Å². The number of carbonyl (C=O) groups is 1. The van der Waals surface area contributed by atoms with Crippen LogP contribution in [0.15, 0.2) is 18.3 Å². The quantitative estimate of drug-likeness (QED) is 0.846. The molecule has 0 aromatic carbocycles. The number of nitrogens with one attached hydrogen (secondary N) is 1. The first-order valence-electron chi connectivity index (χ1n) is 9.34. The Balaban J connectivity index is 1.30. The van der Waals surface area contributed by atoms with E-state index in [0.717, 1.165) is 51.1 Å². The lowest BCUT2D eigenvalue weighted by Gasteiger charge is -2.35. The van der Waals surface area contributed by atoms with Crippen LogP contribution in [0, 0.1) is 17.8 Å². The molecule has 1 aromatic rings. The van der Waals surface area contributed by atoms with Crippen LogP contribution in [-0.2, 0) is 16.1 Å². The van der Waals surface area contributed by atoms with Crippen LogP contribution in [0.3, 0.4) is 0 Å². The van der Waals surface area contributed by atoms with E-state index >= 15 is 0 Å². The summed E-state index contributed by atoms with van der Waals surface area (Å²) in [5, 5.41) is 3.08. The number of aromatic nitrogens is 1. The summed E-state index contributed by atoms with van der Waals surface area (Å²) >= 11 is 0. The summed E-state index contributed by atoms with van der Waals surface area (Å²) in [6, 6.07) is 4.04. The monoisotopic (exact) mass is 345 g/mol. The van der Waals surface area contributed by atoms with Crippen molar-refractivity contribution in [2.75, 3.05) is 33.4 Å². The average Bonchev–Trinajstić information content (AvgIpc) is 3.41. The minimum absolute atomic E-state index is 0.183. The summed E-state index contributed by atoms with van der Waals surface area (Å²) in [7, 11) is 1.67. The third-order valence-electron chi connectivity index (χ3n) is 5.74. The molecule has 0 unspecified atom stereocenters. The fraction of sp³-hybridized carbons (Fsp3) is 0.684. The van der Waals surface area contributed by atoms with Crippen molar-refractivity contribution < 1.29 is 14.3 Å². The topological polar surface area (TPSA) is 63.7 Å². The Kier molecular flexibility index (Phi) is 4.90. The fourth-order valence-electron chi connectivity index (χ4n) is 4.18. The fourth-order valence-corrected chi connectivity index (χ4v) is 4.18. The lowest BCUT2D eigenvalue weighted by atomic mass is 9.84. The number of fused-ring (bicyclic) bond motifs is 1. The molecular formula is C19H27N3O3. The van der Waals surface area contributed by atoms with Gasteiger partial charge in [-0.1, -0.05) is 6.07 Å². The summed E-state index contributed by atoms with van der Waals surface area (Å²) in [5.41, 5.74) is 1.13. The Morgan fingerprint density at radius 3 is 3.12 bits per heavy atom. The maximum atomic E-state index is 11.8. The van der Waals surface area contributed by atoms with Crippen LogP contribution in [0.4, 0.5) is 0 Å². The molecule has 3 aliphatic rings. The van der Waals surface area contributed by atoms with Crippen molar-refractivity contribution in [2.45, 2.75) is 31.9 Å². The number of methoxy groups -OCH3 is 1. The van der Waals surface area contributed by atoms with Crippen molar-refractivity contribution >= 4 is 5.91 Å². The molecule has 0 radical (unpaired) electrons. The largest absolute Gasteiger partial charge is 0.481 e. The van der Waals surface area contributed by atoms with Crippen molar-refractivity contribution in [3.63, 3.8) is 0 Å². The molecule has 4 rings (SSSR count). The van der Waals surface area contributed by atoms with Gasteiger partial charge >= 0.3 is 0 Å². The molecule has 0 spiro atoms. The highest BCUT2D eigenvalue weighted by Crippen LogP contribution is 2.35. The van der Waals surface area contributed by atoms with E-state index in [1.54, 1.807) is 13.3 Å². The van der Waals surface area contributed by atoms with Gasteiger partial charge < -0.3 is 14.8 Å². The first kappa shape index (κ1) is 16.8. The molecule has 1 N–H and O–H groups in total. The van der Waals surface area contributed by atoms with Gasteiger partial charge in [-0.2, -0.15) is 0 Å². The smallest absolute Gasteiger partial charge is 0.223 e. The minimum atomic E-state index is 0.183. The molecule has 3 atom stereocenters. The molecule has 1 aromatic heterocycles. The Morgan fingerprint density at radius 1 is 1.44 bits per heavy atom. The highest BCUT2D eigenvalue weighted by Gasteiger charge is 2.41. The SMILES string of the molecule is COc1ncccc1CN1CC[C@@H]2[C@@H](CO[C@H]2CNC(=O)C2CC2)C1. The highest BCUT2D eigenvalue weighted by molar-refractivity contribution is 5.80. The maximum Gasteiger partial charge on any atom is 0.223 e. The molecule has 136 valence electrons. The van der Waals surface area contributed by atoms with Crippen molar-refractivity contribution in [3.8, 4) is 5.88 Å². The van der Waals surface area contributed by atoms with Gasteiger partial charge in [0.05, 0.1) is 19.8 Å². The van der Waals surface area contributed by atoms with E-state index in [1.165, 1.54) is 0 Å². The van der Waals surface area contributed by atoms with Crippen LogP contribution in [0.5, 0.6) is 5.88 Å². The predicted molar refractivity (Wildman–Crippen MR) is 93.1 cm³/mol. The van der Waals surface area contributed by atoms with Gasteiger partial charge in [-0.25, -0.2) is 4.98 Å². The van der Waals surface area contributed by atoms with Crippen LogP contribution in [-0.4, -0.2) is 55.2 Å². The number of hydrogen-bond donors (Lipinski definition) is 1. The summed E-state index contributed by atoms with van der Waals surface area (Å²) in [6.45, 7) is 4.43. The normalized spacial score (nSPS) is 29.2. The molecule has 6 nitrogen and oxygen atoms in total. The van der Waals surface area contributed by atoms with E-state index < -0.39 is 0 Å². The van der Waals surface area contributed by atoms with Gasteiger partial charge in [0.1, 0.15) is 0 Å². The van der Waals surface area contributed by atoms with Crippen molar-refractivity contribution in [1.82, 2.24) is 15.2 Å². The van der Waals surface area contributed by atoms with Crippen LogP contribution >= 0.6 is 0 Å². The van der Waals surface area contributed by atoms with E-state index in [4.69, 9.17) is 9.47 Å². The number of pyridine rings is 1. The summed E-state index contributed by atoms with van der Waals surface area (Å²) < 4.78 is 11.4. The number of likely N-dealkylation sites (tertiary alicyclic amines) is 1. The number of ether oxygens (including phenoxy) is 2. The van der Waals surface area contributed by atoms with Gasteiger partial charge in [-0.05, 0) is 37.8 Å². The van der Waals surface area contributed by atoms with E-state index in [-0.39, 0.29) is 17.9 Å². The van der Waals surface area contributed by atoms with Gasteiger partial charge in [-0.15, -0.1) is 0 Å². The molecule has 6 heteroatoms. The lowest BCUT2D eigenvalue weighted by molar-refractivity contribution is -0.122. The minimum Gasteiger partial charge on any atom is -0.481 e. The number of rotatable bonds is 6. The molecule has 1 saturated carbocycles. The molecule has 1 amide bonds. The number of nitrogens with zero attached hydrogens (tertiary/aromatic N) is 2. The van der Waals surface area contributed by atoms with Gasteiger partial charge in [0.2, 0.25) is 11.8 Å². The highest BCUT2D eigenvalue weighted by atomic mass is 16.5. The Hall–Kier alpha value is -1.66. The third kappa shape index (κ3) is 3.80. The van der Waals surface area contributed by atoms with Crippen LogP contribution in [0.2, 0.25) is 0 Å². The molecule has 1 aliphatic carbocycles. The van der Waals surface area contributed by atoms with E-state index in [2.05, 4.69) is 21.3 Å². The molecule has 2 aliphatic heterocycles. The van der Waals surface area contributed by atoms with Crippen molar-refractivity contribution in [1.29, 1.82) is 0 Å².